The Morgan fingerprint density at radius 1 is 1.29 bits per heavy atom. The van der Waals surface area contributed by atoms with Crippen molar-refractivity contribution in [3.05, 3.63) is 16.1 Å². The molecule has 1 aliphatic heterocycles. The highest BCUT2D eigenvalue weighted by Gasteiger charge is 2.24. The number of hydrogen-bond donors (Lipinski definition) is 2. The van der Waals surface area contributed by atoms with E-state index in [0.29, 0.717) is 18.5 Å². The minimum Gasteiger partial charge on any atom is -0.379 e. The maximum absolute atomic E-state index is 5.50. The Morgan fingerprint density at radius 3 is 2.50 bits per heavy atom. The molecule has 2 rings (SSSR count). The predicted molar refractivity (Wildman–Crippen MR) is 130 cm³/mol. The van der Waals surface area contributed by atoms with Gasteiger partial charge in [0.25, 0.3) is 0 Å². The lowest BCUT2D eigenvalue weighted by atomic mass is 9.93. The van der Waals surface area contributed by atoms with Gasteiger partial charge in [-0.1, -0.05) is 34.6 Å². The number of nitrogens with one attached hydrogen (secondary N) is 2. The molecular weight excluding hydrogens is 485 g/mol. The number of morpholine rings is 1. The van der Waals surface area contributed by atoms with Crippen LogP contribution in [-0.2, 0) is 16.7 Å². The molecule has 0 saturated carbocycles. The zero-order valence-electron chi connectivity index (χ0n) is 18.2. The van der Waals surface area contributed by atoms with E-state index in [-0.39, 0.29) is 29.4 Å². The average molecular weight is 524 g/mol. The van der Waals surface area contributed by atoms with Gasteiger partial charge in [-0.15, -0.1) is 35.3 Å². The summed E-state index contributed by atoms with van der Waals surface area (Å²) in [5.74, 6) is 1.44. The molecule has 8 heteroatoms. The van der Waals surface area contributed by atoms with E-state index in [1.165, 1.54) is 0 Å². The van der Waals surface area contributed by atoms with Gasteiger partial charge in [-0.25, -0.2) is 9.98 Å². The summed E-state index contributed by atoms with van der Waals surface area (Å²) in [6.45, 7) is 19.3. The Hall–Kier alpha value is -0.450. The van der Waals surface area contributed by atoms with Gasteiger partial charge in [-0.05, 0) is 12.8 Å². The molecule has 1 aromatic rings. The summed E-state index contributed by atoms with van der Waals surface area (Å²) < 4.78 is 5.50. The quantitative estimate of drug-likeness (QED) is 0.326. The van der Waals surface area contributed by atoms with Gasteiger partial charge in [0.15, 0.2) is 5.96 Å². The van der Waals surface area contributed by atoms with Gasteiger partial charge >= 0.3 is 0 Å². The highest BCUT2D eigenvalue weighted by molar-refractivity contribution is 14.0. The number of ether oxygens (including phenoxy) is 1. The molecule has 2 heterocycles. The first kappa shape index (κ1) is 25.6. The van der Waals surface area contributed by atoms with Gasteiger partial charge in [0, 0.05) is 43.0 Å². The molecule has 6 nitrogen and oxygen atoms in total. The molecule has 0 spiro atoms. The third-order valence-electron chi connectivity index (χ3n) is 4.80. The minimum atomic E-state index is 0. The van der Waals surface area contributed by atoms with Crippen LogP contribution in [0.5, 0.6) is 0 Å². The molecule has 1 aliphatic rings. The molecule has 28 heavy (non-hydrogen) atoms. The van der Waals surface area contributed by atoms with Crippen LogP contribution in [-0.4, -0.2) is 61.3 Å². The topological polar surface area (TPSA) is 61.8 Å². The van der Waals surface area contributed by atoms with E-state index in [4.69, 9.17) is 14.7 Å². The molecule has 162 valence electrons. The fraction of sp³-hybridized carbons (Fsp3) is 0.800. The largest absolute Gasteiger partial charge is 0.379 e. The van der Waals surface area contributed by atoms with Gasteiger partial charge in [0.1, 0.15) is 5.01 Å². The van der Waals surface area contributed by atoms with E-state index in [9.17, 15) is 0 Å². The predicted octanol–water partition coefficient (Wildman–Crippen LogP) is 3.47. The summed E-state index contributed by atoms with van der Waals surface area (Å²) in [5, 5.41) is 10.1. The second kappa shape index (κ2) is 12.3. The van der Waals surface area contributed by atoms with Gasteiger partial charge in [0.2, 0.25) is 0 Å². The van der Waals surface area contributed by atoms with Gasteiger partial charge in [-0.2, -0.15) is 0 Å². The highest BCUT2D eigenvalue weighted by atomic mass is 127. The fourth-order valence-corrected chi connectivity index (χ4v) is 4.06. The van der Waals surface area contributed by atoms with Crippen molar-refractivity contribution in [1.82, 2.24) is 20.5 Å². The molecule has 1 saturated heterocycles. The van der Waals surface area contributed by atoms with Crippen LogP contribution in [0, 0.1) is 5.92 Å². The van der Waals surface area contributed by atoms with Crippen molar-refractivity contribution in [1.29, 1.82) is 0 Å². The van der Waals surface area contributed by atoms with Crippen molar-refractivity contribution >= 4 is 41.3 Å². The van der Waals surface area contributed by atoms with Crippen molar-refractivity contribution in [2.75, 3.05) is 39.4 Å². The minimum absolute atomic E-state index is 0. The molecule has 1 atom stereocenters. The number of nitrogens with zero attached hydrogens (tertiary/aromatic N) is 3. The molecule has 0 aromatic carbocycles. The number of rotatable bonds is 7. The first-order valence-corrected chi connectivity index (χ1v) is 11.0. The second-order valence-corrected chi connectivity index (χ2v) is 9.35. The molecule has 0 aliphatic carbocycles. The average Bonchev–Trinajstić information content (AvgIpc) is 3.10. The van der Waals surface area contributed by atoms with Crippen molar-refractivity contribution < 1.29 is 4.74 Å². The maximum Gasteiger partial charge on any atom is 0.191 e. The number of guanidine groups is 1. The number of aliphatic imine (C=N–C) groups is 1. The molecule has 0 bridgehead atoms. The van der Waals surface area contributed by atoms with Gasteiger partial charge in [-0.3, -0.25) is 4.90 Å². The summed E-state index contributed by atoms with van der Waals surface area (Å²) >= 11 is 1.69. The summed E-state index contributed by atoms with van der Waals surface area (Å²) in [5.41, 5.74) is 1.23. The summed E-state index contributed by atoms with van der Waals surface area (Å²) in [7, 11) is 0. The van der Waals surface area contributed by atoms with Crippen LogP contribution in [0.15, 0.2) is 10.4 Å². The summed E-state index contributed by atoms with van der Waals surface area (Å²) in [4.78, 5) is 12.0. The third kappa shape index (κ3) is 8.12. The van der Waals surface area contributed by atoms with E-state index in [1.807, 2.05) is 0 Å². The van der Waals surface area contributed by atoms with Crippen LogP contribution in [0.2, 0.25) is 0 Å². The van der Waals surface area contributed by atoms with Crippen LogP contribution < -0.4 is 10.6 Å². The number of halogens is 1. The Morgan fingerprint density at radius 2 is 1.96 bits per heavy atom. The van der Waals surface area contributed by atoms with E-state index >= 15 is 0 Å². The zero-order valence-corrected chi connectivity index (χ0v) is 21.4. The van der Waals surface area contributed by atoms with Crippen LogP contribution in [0.3, 0.4) is 0 Å². The second-order valence-electron chi connectivity index (χ2n) is 8.41. The summed E-state index contributed by atoms with van der Waals surface area (Å²) in [6.07, 6.45) is 0. The molecule has 1 aromatic heterocycles. The molecule has 0 amide bonds. The molecule has 0 radical (unpaired) electrons. The van der Waals surface area contributed by atoms with Crippen LogP contribution in [0.25, 0.3) is 0 Å². The van der Waals surface area contributed by atoms with Crippen molar-refractivity contribution in [3.63, 3.8) is 0 Å². The third-order valence-corrected chi connectivity index (χ3v) is 5.63. The van der Waals surface area contributed by atoms with E-state index in [2.05, 4.69) is 62.5 Å². The Labute approximate surface area is 192 Å². The Balaban J connectivity index is 0.00000392. The molecule has 1 fully saturated rings. The first-order valence-electron chi connectivity index (χ1n) is 10.1. The van der Waals surface area contributed by atoms with Gasteiger partial charge < -0.3 is 15.4 Å². The smallest absolute Gasteiger partial charge is 0.191 e. The highest BCUT2D eigenvalue weighted by Crippen LogP contribution is 2.24. The lowest BCUT2D eigenvalue weighted by molar-refractivity contribution is 0.00752. The monoisotopic (exact) mass is 523 g/mol. The number of hydrogen-bond acceptors (Lipinski definition) is 5. The van der Waals surface area contributed by atoms with Crippen molar-refractivity contribution in [3.8, 4) is 0 Å². The van der Waals surface area contributed by atoms with Crippen LogP contribution >= 0.6 is 35.3 Å². The van der Waals surface area contributed by atoms with E-state index in [0.717, 1.165) is 56.1 Å². The molecular formula is C20H38IN5OS. The summed E-state index contributed by atoms with van der Waals surface area (Å²) in [6, 6.07) is 0.477. The van der Waals surface area contributed by atoms with Crippen LogP contribution in [0.1, 0.15) is 52.2 Å². The van der Waals surface area contributed by atoms with Crippen LogP contribution in [0.4, 0.5) is 0 Å². The standard InChI is InChI=1S/C20H37N5OS.HI/c1-7-21-19(23-13-18-24-17(14-27-18)20(4,5)6)22-12-16(15(2)3)25-8-10-26-11-9-25;/h14-16H,7-13H2,1-6H3,(H2,21,22,23);1H. The Kier molecular flexibility index (Phi) is 11.2. The lowest BCUT2D eigenvalue weighted by Crippen LogP contribution is -2.52. The van der Waals surface area contributed by atoms with Gasteiger partial charge in [0.05, 0.1) is 25.5 Å². The van der Waals surface area contributed by atoms with E-state index in [1.54, 1.807) is 11.3 Å². The Bertz CT molecular complexity index is 594. The molecule has 2 N–H and O–H groups in total. The SMILES string of the molecule is CCNC(=NCc1nc(C(C)(C)C)cs1)NCC(C(C)C)N1CCOCC1.I. The lowest BCUT2D eigenvalue weighted by Gasteiger charge is -2.37. The molecule has 1 unspecified atom stereocenters. The normalized spacial score (nSPS) is 17.3. The zero-order chi connectivity index (χ0) is 19.9. The number of thiazole rings is 1. The number of aromatic nitrogens is 1. The maximum atomic E-state index is 5.50. The fourth-order valence-electron chi connectivity index (χ4n) is 3.11. The van der Waals surface area contributed by atoms with Crippen molar-refractivity contribution in [2.45, 2.75) is 59.5 Å². The van der Waals surface area contributed by atoms with Crippen molar-refractivity contribution in [2.24, 2.45) is 10.9 Å². The first-order chi connectivity index (χ1) is 12.8. The van der Waals surface area contributed by atoms with E-state index < -0.39 is 0 Å².